The van der Waals surface area contributed by atoms with Gasteiger partial charge in [0.2, 0.25) is 0 Å². The van der Waals surface area contributed by atoms with Gasteiger partial charge in [0.05, 0.1) is 19.6 Å². The summed E-state index contributed by atoms with van der Waals surface area (Å²) in [5, 5.41) is 14.6. The number of hydrogen-bond donors (Lipinski definition) is 2. The maximum atomic E-state index is 13.1. The van der Waals surface area contributed by atoms with E-state index in [4.69, 9.17) is 16.3 Å². The Kier molecular flexibility index (Phi) is 6.56. The number of pyridine rings is 1. The minimum atomic E-state index is -1.06. The van der Waals surface area contributed by atoms with Crippen molar-refractivity contribution in [2.45, 2.75) is 12.5 Å². The van der Waals surface area contributed by atoms with E-state index in [1.54, 1.807) is 43.5 Å². The van der Waals surface area contributed by atoms with E-state index < -0.39 is 17.9 Å². The number of benzene rings is 3. The van der Waals surface area contributed by atoms with Crippen molar-refractivity contribution in [2.24, 2.45) is 0 Å². The van der Waals surface area contributed by atoms with Crippen LogP contribution in [0.3, 0.4) is 0 Å². The highest BCUT2D eigenvalue weighted by Crippen LogP contribution is 2.31. The average molecular weight is 461 g/mol. The number of carboxylic acid groups (broad SMARTS) is 1. The number of halogens is 1. The standard InChI is InChI=1S/C26H21ClN2O4/c1-33-23-13-12-21(28-25(23)18-11-10-16-6-2-3-7-17(16)14-18)26(32)29-22(15-24(30)31)19-8-4-5-9-20(19)27/h2-14,22H,15H2,1H3,(H,29,32)(H,30,31). The van der Waals surface area contributed by atoms with Crippen LogP contribution in [0.2, 0.25) is 5.02 Å². The number of carbonyl (C=O) groups excluding carboxylic acids is 1. The van der Waals surface area contributed by atoms with Gasteiger partial charge in [-0.05, 0) is 40.6 Å². The van der Waals surface area contributed by atoms with Crippen molar-refractivity contribution < 1.29 is 19.4 Å². The third kappa shape index (κ3) is 4.96. The third-order valence-electron chi connectivity index (χ3n) is 5.30. The van der Waals surface area contributed by atoms with E-state index in [0.717, 1.165) is 16.3 Å². The number of nitrogens with zero attached hydrogens (tertiary/aromatic N) is 1. The van der Waals surface area contributed by atoms with Gasteiger partial charge in [0.1, 0.15) is 17.1 Å². The van der Waals surface area contributed by atoms with E-state index in [9.17, 15) is 14.7 Å². The lowest BCUT2D eigenvalue weighted by molar-refractivity contribution is -0.137. The minimum Gasteiger partial charge on any atom is -0.494 e. The molecule has 0 saturated heterocycles. The molecular weight excluding hydrogens is 440 g/mol. The fourth-order valence-corrected chi connectivity index (χ4v) is 3.95. The molecule has 0 aliphatic heterocycles. The van der Waals surface area contributed by atoms with Crippen LogP contribution in [0, 0.1) is 0 Å². The molecule has 4 rings (SSSR count). The zero-order valence-electron chi connectivity index (χ0n) is 17.8. The quantitative estimate of drug-likeness (QED) is 0.379. The van der Waals surface area contributed by atoms with Crippen molar-refractivity contribution in [2.75, 3.05) is 7.11 Å². The monoisotopic (exact) mass is 460 g/mol. The number of aliphatic carboxylic acids is 1. The Morgan fingerprint density at radius 1 is 1.00 bits per heavy atom. The first-order valence-electron chi connectivity index (χ1n) is 10.3. The molecule has 3 aromatic carbocycles. The molecule has 1 aromatic heterocycles. The first-order valence-corrected chi connectivity index (χ1v) is 10.7. The second kappa shape index (κ2) is 9.71. The largest absolute Gasteiger partial charge is 0.494 e. The van der Waals surface area contributed by atoms with Gasteiger partial charge in [0.15, 0.2) is 0 Å². The number of carbonyl (C=O) groups is 2. The molecule has 0 spiro atoms. The van der Waals surface area contributed by atoms with Crippen LogP contribution in [0.5, 0.6) is 5.75 Å². The lowest BCUT2D eigenvalue weighted by atomic mass is 10.0. The Bertz CT molecular complexity index is 1340. The molecule has 1 unspecified atom stereocenters. The highest BCUT2D eigenvalue weighted by molar-refractivity contribution is 6.31. The zero-order chi connectivity index (χ0) is 23.4. The van der Waals surface area contributed by atoms with E-state index in [1.165, 1.54) is 0 Å². The number of carboxylic acids is 1. The normalized spacial score (nSPS) is 11.7. The fraction of sp³-hybridized carbons (Fsp3) is 0.115. The summed E-state index contributed by atoms with van der Waals surface area (Å²) in [7, 11) is 1.54. The van der Waals surface area contributed by atoms with Crippen molar-refractivity contribution in [1.29, 1.82) is 0 Å². The molecule has 2 N–H and O–H groups in total. The SMILES string of the molecule is COc1ccc(C(=O)NC(CC(=O)O)c2ccccc2Cl)nc1-c1ccc2ccccc2c1. The molecule has 1 heterocycles. The molecule has 0 fully saturated rings. The maximum Gasteiger partial charge on any atom is 0.305 e. The fourth-order valence-electron chi connectivity index (χ4n) is 3.68. The van der Waals surface area contributed by atoms with Crippen LogP contribution >= 0.6 is 11.6 Å². The predicted octanol–water partition coefficient (Wildman–Crippen LogP) is 5.51. The van der Waals surface area contributed by atoms with Gasteiger partial charge in [-0.25, -0.2) is 4.98 Å². The summed E-state index contributed by atoms with van der Waals surface area (Å²) < 4.78 is 5.48. The molecule has 0 aliphatic rings. The van der Waals surface area contributed by atoms with Crippen molar-refractivity contribution in [3.8, 4) is 17.0 Å². The average Bonchev–Trinajstić information content (AvgIpc) is 2.83. The van der Waals surface area contributed by atoms with Gasteiger partial charge >= 0.3 is 5.97 Å². The number of amides is 1. The van der Waals surface area contributed by atoms with Gasteiger partial charge in [-0.15, -0.1) is 0 Å². The summed E-state index contributed by atoms with van der Waals surface area (Å²) in [5.74, 6) is -1.04. The second-order valence-corrected chi connectivity index (χ2v) is 7.86. The van der Waals surface area contributed by atoms with Gasteiger partial charge in [-0.2, -0.15) is 0 Å². The Morgan fingerprint density at radius 2 is 1.73 bits per heavy atom. The highest BCUT2D eigenvalue weighted by atomic mass is 35.5. The van der Waals surface area contributed by atoms with E-state index in [0.29, 0.717) is 22.0 Å². The van der Waals surface area contributed by atoms with Crippen molar-refractivity contribution in [3.05, 3.63) is 95.1 Å². The molecule has 0 saturated carbocycles. The molecule has 0 aliphatic carbocycles. The smallest absolute Gasteiger partial charge is 0.305 e. The van der Waals surface area contributed by atoms with Crippen LogP contribution in [0.25, 0.3) is 22.0 Å². The molecular formula is C26H21ClN2O4. The van der Waals surface area contributed by atoms with E-state index in [-0.39, 0.29) is 12.1 Å². The van der Waals surface area contributed by atoms with Crippen LogP contribution < -0.4 is 10.1 Å². The molecule has 4 aromatic rings. The summed E-state index contributed by atoms with van der Waals surface area (Å²) >= 11 is 6.25. The number of ether oxygens (including phenoxy) is 1. The van der Waals surface area contributed by atoms with Gasteiger partial charge in [0, 0.05) is 10.6 Å². The summed E-state index contributed by atoms with van der Waals surface area (Å²) in [4.78, 5) is 29.0. The minimum absolute atomic E-state index is 0.140. The number of methoxy groups -OCH3 is 1. The summed E-state index contributed by atoms with van der Waals surface area (Å²) in [6, 6.07) is 23.1. The summed E-state index contributed by atoms with van der Waals surface area (Å²) in [6.45, 7) is 0. The zero-order valence-corrected chi connectivity index (χ0v) is 18.5. The number of aromatic nitrogens is 1. The topological polar surface area (TPSA) is 88.5 Å². The lowest BCUT2D eigenvalue weighted by Gasteiger charge is -2.19. The van der Waals surface area contributed by atoms with Crippen molar-refractivity contribution >= 4 is 34.2 Å². The van der Waals surface area contributed by atoms with E-state index in [1.807, 2.05) is 42.5 Å². The molecule has 1 amide bonds. The molecule has 0 radical (unpaired) electrons. The third-order valence-corrected chi connectivity index (χ3v) is 5.64. The molecule has 7 heteroatoms. The number of rotatable bonds is 7. The molecule has 33 heavy (non-hydrogen) atoms. The first kappa shape index (κ1) is 22.3. The number of fused-ring (bicyclic) bond motifs is 1. The van der Waals surface area contributed by atoms with Crippen LogP contribution in [0.4, 0.5) is 0 Å². The summed E-state index contributed by atoms with van der Waals surface area (Å²) in [6.07, 6.45) is -0.316. The summed E-state index contributed by atoms with van der Waals surface area (Å²) in [5.41, 5.74) is 1.98. The molecule has 1 atom stereocenters. The Labute approximate surface area is 195 Å². The number of hydrogen-bond acceptors (Lipinski definition) is 4. The number of nitrogens with one attached hydrogen (secondary N) is 1. The highest BCUT2D eigenvalue weighted by Gasteiger charge is 2.22. The van der Waals surface area contributed by atoms with Crippen LogP contribution in [0.1, 0.15) is 28.5 Å². The molecule has 6 nitrogen and oxygen atoms in total. The maximum absolute atomic E-state index is 13.1. The van der Waals surface area contributed by atoms with Gasteiger partial charge in [0.25, 0.3) is 5.91 Å². The second-order valence-electron chi connectivity index (χ2n) is 7.45. The van der Waals surface area contributed by atoms with Gasteiger partial charge < -0.3 is 15.2 Å². The predicted molar refractivity (Wildman–Crippen MR) is 128 cm³/mol. The van der Waals surface area contributed by atoms with Crippen molar-refractivity contribution in [1.82, 2.24) is 10.3 Å². The van der Waals surface area contributed by atoms with Crippen molar-refractivity contribution in [3.63, 3.8) is 0 Å². The van der Waals surface area contributed by atoms with E-state index >= 15 is 0 Å². The van der Waals surface area contributed by atoms with Crippen LogP contribution in [-0.2, 0) is 4.79 Å². The van der Waals surface area contributed by atoms with Gasteiger partial charge in [-0.3, -0.25) is 9.59 Å². The molecule has 0 bridgehead atoms. The Hall–Kier alpha value is -3.90. The molecule has 166 valence electrons. The van der Waals surface area contributed by atoms with Crippen LogP contribution in [0.15, 0.2) is 78.9 Å². The van der Waals surface area contributed by atoms with Crippen LogP contribution in [-0.4, -0.2) is 29.1 Å². The van der Waals surface area contributed by atoms with Gasteiger partial charge in [-0.1, -0.05) is 66.2 Å². The Balaban J connectivity index is 1.68. The Morgan fingerprint density at radius 3 is 2.45 bits per heavy atom. The first-order chi connectivity index (χ1) is 16.0. The lowest BCUT2D eigenvalue weighted by Crippen LogP contribution is -2.31. The van der Waals surface area contributed by atoms with E-state index in [2.05, 4.69) is 10.3 Å².